The lowest BCUT2D eigenvalue weighted by Crippen LogP contribution is -2.32. The smallest absolute Gasteiger partial charge is 0.245 e. The van der Waals surface area contributed by atoms with Crippen LogP contribution in [0.2, 0.25) is 5.02 Å². The molecule has 1 aliphatic rings. The normalized spacial score (nSPS) is 14.9. The van der Waals surface area contributed by atoms with E-state index in [1.54, 1.807) is 35.7 Å². The van der Waals surface area contributed by atoms with Crippen LogP contribution in [0.3, 0.4) is 0 Å². The molecule has 0 spiro atoms. The molecule has 0 radical (unpaired) electrons. The van der Waals surface area contributed by atoms with Crippen LogP contribution in [0.15, 0.2) is 53.4 Å². The summed E-state index contributed by atoms with van der Waals surface area (Å²) in [7, 11) is -2.01. The molecule has 23 heavy (non-hydrogen) atoms. The van der Waals surface area contributed by atoms with E-state index in [9.17, 15) is 8.42 Å². The topological polar surface area (TPSA) is 46.6 Å². The number of benzene rings is 2. The quantitative estimate of drug-likeness (QED) is 0.797. The Balaban J connectivity index is 1.90. The highest BCUT2D eigenvalue weighted by atomic mass is 35.5. The van der Waals surface area contributed by atoms with E-state index in [4.69, 9.17) is 16.3 Å². The van der Waals surface area contributed by atoms with Gasteiger partial charge in [0, 0.05) is 12.6 Å². The number of rotatable bonds is 6. The number of hydrogen-bond donors (Lipinski definition) is 0. The first-order valence-electron chi connectivity index (χ1n) is 7.41. The number of hydrogen-bond acceptors (Lipinski definition) is 3. The zero-order valence-corrected chi connectivity index (χ0v) is 14.3. The van der Waals surface area contributed by atoms with Crippen LogP contribution in [0.5, 0.6) is 5.75 Å². The summed E-state index contributed by atoms with van der Waals surface area (Å²) >= 11 is 6.10. The monoisotopic (exact) mass is 351 g/mol. The molecule has 1 fully saturated rings. The first-order chi connectivity index (χ1) is 11.0. The van der Waals surface area contributed by atoms with Gasteiger partial charge in [-0.1, -0.05) is 35.9 Å². The molecule has 0 heterocycles. The Morgan fingerprint density at radius 2 is 1.78 bits per heavy atom. The second-order valence-corrected chi connectivity index (χ2v) is 7.83. The van der Waals surface area contributed by atoms with Crippen LogP contribution in [0.25, 0.3) is 0 Å². The van der Waals surface area contributed by atoms with Gasteiger partial charge in [-0.15, -0.1) is 0 Å². The van der Waals surface area contributed by atoms with Crippen molar-refractivity contribution in [2.45, 2.75) is 30.3 Å². The molecule has 0 aromatic heterocycles. The second kappa shape index (κ2) is 6.51. The standard InChI is InChI=1S/C17H18ClNO3S/c1-22-15-10-6-13(7-11-15)12-19(14-8-9-14)23(20,21)17-5-3-2-4-16(17)18/h2-7,10-11,14H,8-9,12H2,1H3. The number of nitrogens with zero attached hydrogens (tertiary/aromatic N) is 1. The van der Waals surface area contributed by atoms with Gasteiger partial charge in [-0.25, -0.2) is 8.42 Å². The van der Waals surface area contributed by atoms with E-state index in [0.717, 1.165) is 24.2 Å². The van der Waals surface area contributed by atoms with Crippen LogP contribution in [0.1, 0.15) is 18.4 Å². The summed E-state index contributed by atoms with van der Waals surface area (Å²) in [6, 6.07) is 14.1. The third-order valence-electron chi connectivity index (χ3n) is 3.87. The van der Waals surface area contributed by atoms with Gasteiger partial charge in [0.05, 0.1) is 12.1 Å². The predicted octanol–water partition coefficient (Wildman–Crippen LogP) is 3.70. The van der Waals surface area contributed by atoms with Crippen molar-refractivity contribution in [2.75, 3.05) is 7.11 Å². The lowest BCUT2D eigenvalue weighted by Gasteiger charge is -2.22. The van der Waals surface area contributed by atoms with Crippen molar-refractivity contribution < 1.29 is 13.2 Å². The fraction of sp³-hybridized carbons (Fsp3) is 0.294. The molecule has 2 aromatic rings. The van der Waals surface area contributed by atoms with E-state index >= 15 is 0 Å². The van der Waals surface area contributed by atoms with Crippen molar-refractivity contribution in [1.29, 1.82) is 0 Å². The lowest BCUT2D eigenvalue weighted by molar-refractivity contribution is 0.397. The maximum Gasteiger partial charge on any atom is 0.245 e. The van der Waals surface area contributed by atoms with Gasteiger partial charge in [-0.05, 0) is 42.7 Å². The summed E-state index contributed by atoms with van der Waals surface area (Å²) in [5.41, 5.74) is 0.924. The molecular formula is C17H18ClNO3S. The molecule has 122 valence electrons. The van der Waals surface area contributed by atoms with Gasteiger partial charge in [0.2, 0.25) is 10.0 Å². The van der Waals surface area contributed by atoms with Crippen molar-refractivity contribution in [2.24, 2.45) is 0 Å². The third kappa shape index (κ3) is 3.52. The minimum atomic E-state index is -3.61. The van der Waals surface area contributed by atoms with Gasteiger partial charge in [-0.3, -0.25) is 0 Å². The Hall–Kier alpha value is -1.56. The highest BCUT2D eigenvalue weighted by Crippen LogP contribution is 2.35. The van der Waals surface area contributed by atoms with Crippen molar-refractivity contribution in [3.05, 3.63) is 59.1 Å². The van der Waals surface area contributed by atoms with Crippen LogP contribution in [0.4, 0.5) is 0 Å². The van der Waals surface area contributed by atoms with Gasteiger partial charge in [0.25, 0.3) is 0 Å². The largest absolute Gasteiger partial charge is 0.497 e. The molecule has 2 aromatic carbocycles. The summed E-state index contributed by atoms with van der Waals surface area (Å²) in [5.74, 6) is 0.751. The Labute approximate surface area is 141 Å². The van der Waals surface area contributed by atoms with E-state index in [-0.39, 0.29) is 16.0 Å². The first kappa shape index (κ1) is 16.3. The van der Waals surface area contributed by atoms with Gasteiger partial charge >= 0.3 is 0 Å². The molecule has 0 bridgehead atoms. The van der Waals surface area contributed by atoms with Crippen LogP contribution in [-0.4, -0.2) is 25.9 Å². The molecule has 0 atom stereocenters. The molecule has 4 nitrogen and oxygen atoms in total. The number of sulfonamides is 1. The van der Waals surface area contributed by atoms with Crippen molar-refractivity contribution in [1.82, 2.24) is 4.31 Å². The van der Waals surface area contributed by atoms with Crippen LogP contribution in [0, 0.1) is 0 Å². The molecule has 6 heteroatoms. The predicted molar refractivity (Wildman–Crippen MR) is 90.2 cm³/mol. The molecule has 1 aliphatic carbocycles. The minimum absolute atomic E-state index is 0.0541. The molecule has 1 saturated carbocycles. The number of ether oxygens (including phenoxy) is 1. The average Bonchev–Trinajstić information content (AvgIpc) is 3.38. The Morgan fingerprint density at radius 1 is 1.13 bits per heavy atom. The Morgan fingerprint density at radius 3 is 2.35 bits per heavy atom. The molecule has 0 aliphatic heterocycles. The van der Waals surface area contributed by atoms with E-state index in [0.29, 0.717) is 6.54 Å². The summed E-state index contributed by atoms with van der Waals surface area (Å²) in [4.78, 5) is 0.169. The fourth-order valence-corrected chi connectivity index (χ4v) is 4.63. The molecule has 0 unspecified atom stereocenters. The zero-order valence-electron chi connectivity index (χ0n) is 12.8. The van der Waals surface area contributed by atoms with Crippen LogP contribution in [-0.2, 0) is 16.6 Å². The Bertz CT molecular complexity index is 786. The summed E-state index contributed by atoms with van der Waals surface area (Å²) in [5, 5.41) is 0.257. The molecule has 3 rings (SSSR count). The second-order valence-electron chi connectivity index (χ2n) is 5.56. The SMILES string of the molecule is COc1ccc(CN(C2CC2)S(=O)(=O)c2ccccc2Cl)cc1. The number of halogens is 1. The van der Waals surface area contributed by atoms with Gasteiger partial charge in [0.15, 0.2) is 0 Å². The fourth-order valence-electron chi connectivity index (χ4n) is 2.46. The van der Waals surface area contributed by atoms with Crippen molar-refractivity contribution in [3.63, 3.8) is 0 Å². The summed E-state index contributed by atoms with van der Waals surface area (Å²) < 4.78 is 32.6. The maximum absolute atomic E-state index is 13.0. The molecular weight excluding hydrogens is 334 g/mol. The van der Waals surface area contributed by atoms with E-state index < -0.39 is 10.0 Å². The van der Waals surface area contributed by atoms with Gasteiger partial charge in [0.1, 0.15) is 10.6 Å². The average molecular weight is 352 g/mol. The zero-order chi connectivity index (χ0) is 16.4. The third-order valence-corrected chi connectivity index (χ3v) is 6.27. The van der Waals surface area contributed by atoms with Gasteiger partial charge in [-0.2, -0.15) is 4.31 Å². The van der Waals surface area contributed by atoms with E-state index in [2.05, 4.69) is 0 Å². The van der Waals surface area contributed by atoms with Crippen molar-refractivity contribution >= 4 is 21.6 Å². The maximum atomic E-state index is 13.0. The first-order valence-corrected chi connectivity index (χ1v) is 9.23. The molecule has 0 N–H and O–H groups in total. The van der Waals surface area contributed by atoms with E-state index in [1.807, 2.05) is 24.3 Å². The molecule has 0 saturated heterocycles. The van der Waals surface area contributed by atoms with Gasteiger partial charge < -0.3 is 4.74 Å². The van der Waals surface area contributed by atoms with E-state index in [1.165, 1.54) is 0 Å². The number of methoxy groups -OCH3 is 1. The highest BCUT2D eigenvalue weighted by molar-refractivity contribution is 7.89. The van der Waals surface area contributed by atoms with Crippen LogP contribution < -0.4 is 4.74 Å². The minimum Gasteiger partial charge on any atom is -0.497 e. The van der Waals surface area contributed by atoms with Crippen molar-refractivity contribution in [3.8, 4) is 5.75 Å². The highest BCUT2D eigenvalue weighted by Gasteiger charge is 2.38. The summed E-state index contributed by atoms with van der Waals surface area (Å²) in [6.45, 7) is 0.336. The lowest BCUT2D eigenvalue weighted by atomic mass is 10.2. The molecule has 0 amide bonds. The summed E-state index contributed by atoms with van der Waals surface area (Å²) in [6.07, 6.45) is 1.78. The van der Waals surface area contributed by atoms with Crippen LogP contribution >= 0.6 is 11.6 Å². The Kier molecular flexibility index (Phi) is 4.62.